The summed E-state index contributed by atoms with van der Waals surface area (Å²) in [5, 5.41) is 4.07. The quantitative estimate of drug-likeness (QED) is 0.625. The molecule has 2 aliphatic heterocycles. The van der Waals surface area contributed by atoms with Gasteiger partial charge in [0.2, 0.25) is 0 Å². The van der Waals surface area contributed by atoms with Crippen molar-refractivity contribution < 1.29 is 14.3 Å². The number of methoxy groups -OCH3 is 1. The monoisotopic (exact) mass is 382 g/mol. The lowest BCUT2D eigenvalue weighted by Crippen LogP contribution is -2.65. The number of aryl methyl sites for hydroxylation is 2. The van der Waals surface area contributed by atoms with E-state index in [9.17, 15) is 4.79 Å². The summed E-state index contributed by atoms with van der Waals surface area (Å²) in [5.74, 6) is 0.398. The molecule has 5 nitrogen and oxygen atoms in total. The van der Waals surface area contributed by atoms with Crippen LogP contribution in [0, 0.1) is 13.8 Å². The van der Waals surface area contributed by atoms with E-state index in [0.717, 1.165) is 28.1 Å². The molecule has 2 aliphatic rings. The van der Waals surface area contributed by atoms with Gasteiger partial charge in [0, 0.05) is 12.0 Å². The largest absolute Gasteiger partial charge is 0.467 e. The number of carbonyl (C=O) groups excluding carboxylic acids is 1. The first-order valence-corrected chi connectivity index (χ1v) is 9.33. The highest BCUT2D eigenvalue weighted by Crippen LogP contribution is 2.47. The number of fused-ring (bicyclic) bond motifs is 4. The van der Waals surface area contributed by atoms with Gasteiger partial charge in [0.25, 0.3) is 0 Å². The Kier molecular flexibility index (Phi) is 4.11. The molecule has 2 bridgehead atoms. The number of esters is 1. The van der Waals surface area contributed by atoms with Gasteiger partial charge in [-0.05, 0) is 62.3 Å². The SMILES string of the molecule is COC(=O)c1ccc2c(c1)[C@@H]1C[C@](C)(O2)N(c2c(C)cccc2C)C(=S)N1. The van der Waals surface area contributed by atoms with Gasteiger partial charge in [0.1, 0.15) is 5.75 Å². The van der Waals surface area contributed by atoms with Gasteiger partial charge in [-0.15, -0.1) is 0 Å². The van der Waals surface area contributed by atoms with Crippen molar-refractivity contribution in [1.82, 2.24) is 5.32 Å². The molecule has 2 aromatic carbocycles. The number of para-hydroxylation sites is 1. The lowest BCUT2D eigenvalue weighted by molar-refractivity contribution is 0.0492. The molecule has 2 heterocycles. The van der Waals surface area contributed by atoms with Gasteiger partial charge in [-0.1, -0.05) is 18.2 Å². The molecule has 0 saturated carbocycles. The molecular weight excluding hydrogens is 360 g/mol. The highest BCUT2D eigenvalue weighted by Gasteiger charge is 2.49. The summed E-state index contributed by atoms with van der Waals surface area (Å²) in [6.07, 6.45) is 0.707. The van der Waals surface area contributed by atoms with E-state index in [1.165, 1.54) is 7.11 Å². The predicted octanol–water partition coefficient (Wildman–Crippen LogP) is 4.02. The van der Waals surface area contributed by atoms with Gasteiger partial charge >= 0.3 is 5.97 Å². The fourth-order valence-electron chi connectivity index (χ4n) is 4.12. The normalized spacial score (nSPS) is 23.2. The number of rotatable bonds is 2. The summed E-state index contributed by atoms with van der Waals surface area (Å²) in [5.41, 5.74) is 4.20. The third-order valence-corrected chi connectivity index (χ3v) is 5.66. The highest BCUT2D eigenvalue weighted by atomic mass is 32.1. The van der Waals surface area contributed by atoms with Crippen molar-refractivity contribution in [2.75, 3.05) is 12.0 Å². The van der Waals surface area contributed by atoms with E-state index in [0.29, 0.717) is 17.1 Å². The Hall–Kier alpha value is -2.60. The van der Waals surface area contributed by atoms with Gasteiger partial charge in [0.15, 0.2) is 10.8 Å². The van der Waals surface area contributed by atoms with E-state index in [4.69, 9.17) is 21.7 Å². The van der Waals surface area contributed by atoms with Crippen molar-refractivity contribution in [3.63, 3.8) is 0 Å². The maximum absolute atomic E-state index is 11.9. The Labute approximate surface area is 164 Å². The third-order valence-electron chi connectivity index (χ3n) is 5.36. The molecule has 0 radical (unpaired) electrons. The molecular formula is C21H22N2O3S. The van der Waals surface area contributed by atoms with Crippen LogP contribution in [0.1, 0.15) is 46.4 Å². The Morgan fingerprint density at radius 1 is 1.30 bits per heavy atom. The second-order valence-corrected chi connectivity index (χ2v) is 7.69. The van der Waals surface area contributed by atoms with Crippen LogP contribution in [-0.4, -0.2) is 23.9 Å². The minimum absolute atomic E-state index is 0.0172. The number of benzene rings is 2. The van der Waals surface area contributed by atoms with Crippen LogP contribution in [0.3, 0.4) is 0 Å². The molecule has 1 N–H and O–H groups in total. The second-order valence-electron chi connectivity index (χ2n) is 7.30. The molecule has 6 heteroatoms. The van der Waals surface area contributed by atoms with E-state index >= 15 is 0 Å². The maximum atomic E-state index is 11.9. The number of anilines is 1. The van der Waals surface area contributed by atoms with Crippen LogP contribution in [0.25, 0.3) is 0 Å². The van der Waals surface area contributed by atoms with Crippen LogP contribution < -0.4 is 15.0 Å². The minimum atomic E-state index is -0.607. The maximum Gasteiger partial charge on any atom is 0.337 e. The van der Waals surface area contributed by atoms with Crippen LogP contribution in [0.5, 0.6) is 5.75 Å². The molecule has 0 unspecified atom stereocenters. The van der Waals surface area contributed by atoms with Crippen LogP contribution in [0.15, 0.2) is 36.4 Å². The van der Waals surface area contributed by atoms with Crippen molar-refractivity contribution in [2.45, 2.75) is 39.0 Å². The van der Waals surface area contributed by atoms with Gasteiger partial charge in [-0.25, -0.2) is 4.79 Å². The van der Waals surface area contributed by atoms with E-state index in [-0.39, 0.29) is 12.0 Å². The fourth-order valence-corrected chi connectivity index (χ4v) is 4.54. The number of hydrogen-bond acceptors (Lipinski definition) is 4. The summed E-state index contributed by atoms with van der Waals surface area (Å²) in [4.78, 5) is 14.0. The Morgan fingerprint density at radius 3 is 2.67 bits per heavy atom. The lowest BCUT2D eigenvalue weighted by Gasteiger charge is -2.52. The average molecular weight is 382 g/mol. The zero-order chi connectivity index (χ0) is 19.3. The first kappa shape index (κ1) is 17.8. The Morgan fingerprint density at radius 2 is 2.00 bits per heavy atom. The van der Waals surface area contributed by atoms with Crippen molar-refractivity contribution in [3.05, 3.63) is 58.7 Å². The summed E-state index contributed by atoms with van der Waals surface area (Å²) in [6, 6.07) is 11.6. The number of carbonyl (C=O) groups is 1. The molecule has 27 heavy (non-hydrogen) atoms. The van der Waals surface area contributed by atoms with Crippen molar-refractivity contribution >= 4 is 29.0 Å². The molecule has 0 spiro atoms. The zero-order valence-corrected chi connectivity index (χ0v) is 16.6. The van der Waals surface area contributed by atoms with E-state index in [2.05, 4.69) is 43.1 Å². The van der Waals surface area contributed by atoms with Crippen LogP contribution in [0.4, 0.5) is 5.69 Å². The smallest absolute Gasteiger partial charge is 0.337 e. The molecule has 2 atom stereocenters. The molecule has 0 aliphatic carbocycles. The van der Waals surface area contributed by atoms with E-state index < -0.39 is 5.72 Å². The van der Waals surface area contributed by atoms with Gasteiger partial charge in [0.05, 0.1) is 24.4 Å². The Bertz CT molecular complexity index is 938. The fraction of sp³-hybridized carbons (Fsp3) is 0.333. The third kappa shape index (κ3) is 2.75. The number of ether oxygens (including phenoxy) is 2. The van der Waals surface area contributed by atoms with Gasteiger partial charge in [-0.2, -0.15) is 0 Å². The predicted molar refractivity (Wildman–Crippen MR) is 108 cm³/mol. The molecule has 0 amide bonds. The van der Waals surface area contributed by atoms with Gasteiger partial charge < -0.3 is 14.8 Å². The summed E-state index contributed by atoms with van der Waals surface area (Å²) in [7, 11) is 1.38. The second kappa shape index (κ2) is 6.23. The van der Waals surface area contributed by atoms with Crippen molar-refractivity contribution in [2.24, 2.45) is 0 Å². The van der Waals surface area contributed by atoms with Crippen LogP contribution >= 0.6 is 12.2 Å². The lowest BCUT2D eigenvalue weighted by atomic mass is 9.88. The first-order valence-electron chi connectivity index (χ1n) is 8.92. The topological polar surface area (TPSA) is 50.8 Å². The molecule has 4 rings (SSSR count). The number of nitrogens with zero attached hydrogens (tertiary/aromatic N) is 1. The number of thiocarbonyl (C=S) groups is 1. The summed E-state index contributed by atoms with van der Waals surface area (Å²) >= 11 is 5.73. The van der Waals surface area contributed by atoms with Crippen molar-refractivity contribution in [3.8, 4) is 5.75 Å². The van der Waals surface area contributed by atoms with Crippen LogP contribution in [-0.2, 0) is 4.74 Å². The number of nitrogens with one attached hydrogen (secondary N) is 1. The molecule has 0 aromatic heterocycles. The minimum Gasteiger partial charge on any atom is -0.467 e. The molecule has 140 valence electrons. The zero-order valence-electron chi connectivity index (χ0n) is 15.8. The van der Waals surface area contributed by atoms with Gasteiger partial charge in [-0.3, -0.25) is 4.90 Å². The Balaban J connectivity index is 1.80. The molecule has 2 aromatic rings. The summed E-state index contributed by atoms with van der Waals surface area (Å²) in [6.45, 7) is 6.23. The van der Waals surface area contributed by atoms with E-state index in [1.807, 2.05) is 18.2 Å². The first-order chi connectivity index (χ1) is 12.8. The molecule has 1 fully saturated rings. The number of hydrogen-bond donors (Lipinski definition) is 1. The standard InChI is InChI=1S/C21H22N2O3S/c1-12-6-5-7-13(2)18(12)23-20(27)22-16-11-21(23,3)26-17-9-8-14(10-15(16)17)19(24)25-4/h5-10,16H,11H2,1-4H3,(H,22,27)/t16-,21-/m0/s1. The summed E-state index contributed by atoms with van der Waals surface area (Å²) < 4.78 is 11.3. The van der Waals surface area contributed by atoms with E-state index in [1.54, 1.807) is 6.07 Å². The average Bonchev–Trinajstić information content (AvgIpc) is 2.62. The van der Waals surface area contributed by atoms with Crippen molar-refractivity contribution in [1.29, 1.82) is 0 Å². The van der Waals surface area contributed by atoms with Crippen LogP contribution in [0.2, 0.25) is 0 Å². The highest BCUT2D eigenvalue weighted by molar-refractivity contribution is 7.80. The molecule has 1 saturated heterocycles.